The predicted octanol–water partition coefficient (Wildman–Crippen LogP) is 3.87. The van der Waals surface area contributed by atoms with Gasteiger partial charge in [0.1, 0.15) is 6.04 Å². The molecule has 2 aromatic carbocycles. The molecule has 150 valence electrons. The van der Waals surface area contributed by atoms with E-state index in [-0.39, 0.29) is 4.90 Å². The number of fused-ring (bicyclic) bond motifs is 1. The molecule has 0 amide bonds. The molecule has 1 N–H and O–H groups in total. The number of aromatic nitrogens is 2. The van der Waals surface area contributed by atoms with E-state index in [0.717, 1.165) is 10.2 Å². The van der Waals surface area contributed by atoms with E-state index >= 15 is 0 Å². The van der Waals surface area contributed by atoms with Crippen LogP contribution in [0.15, 0.2) is 47.5 Å². The summed E-state index contributed by atoms with van der Waals surface area (Å²) in [6.45, 7) is 4.27. The molecule has 0 bridgehead atoms. The van der Waals surface area contributed by atoms with Crippen molar-refractivity contribution in [1.29, 1.82) is 0 Å². The second-order valence-corrected chi connectivity index (χ2v) is 8.48. The zero-order valence-corrected chi connectivity index (χ0v) is 16.4. The van der Waals surface area contributed by atoms with Crippen LogP contribution in [0.5, 0.6) is 0 Å². The number of halogens is 3. The van der Waals surface area contributed by atoms with Crippen LogP contribution in [0.3, 0.4) is 0 Å². The number of nitrogens with zero attached hydrogens (tertiary/aromatic N) is 2. The third-order valence-corrected chi connectivity index (χ3v) is 6.25. The van der Waals surface area contributed by atoms with Gasteiger partial charge < -0.3 is 0 Å². The highest BCUT2D eigenvalue weighted by Crippen LogP contribution is 2.27. The van der Waals surface area contributed by atoms with Crippen LogP contribution in [-0.4, -0.2) is 30.4 Å². The lowest BCUT2D eigenvalue weighted by Crippen LogP contribution is -2.48. The third kappa shape index (κ3) is 4.05. The Labute approximate surface area is 161 Å². The lowest BCUT2D eigenvalue weighted by molar-refractivity contribution is -0.154. The number of benzene rings is 2. The second kappa shape index (κ2) is 7.21. The quantitative estimate of drug-likeness (QED) is 0.693. The fourth-order valence-electron chi connectivity index (χ4n) is 3.39. The molecule has 3 rings (SSSR count). The van der Waals surface area contributed by atoms with Gasteiger partial charge >= 0.3 is 6.18 Å². The van der Waals surface area contributed by atoms with E-state index in [0.29, 0.717) is 22.0 Å². The van der Waals surface area contributed by atoms with Crippen molar-refractivity contribution in [3.05, 3.63) is 59.3 Å². The van der Waals surface area contributed by atoms with Crippen LogP contribution in [0.2, 0.25) is 0 Å². The van der Waals surface area contributed by atoms with Gasteiger partial charge in [-0.25, -0.2) is 8.42 Å². The molecule has 28 heavy (non-hydrogen) atoms. The number of para-hydroxylation sites is 1. The molecule has 0 radical (unpaired) electrons. The van der Waals surface area contributed by atoms with Crippen molar-refractivity contribution in [1.82, 2.24) is 14.5 Å². The van der Waals surface area contributed by atoms with E-state index in [4.69, 9.17) is 0 Å². The average Bonchev–Trinajstić information content (AvgIpc) is 2.95. The zero-order valence-electron chi connectivity index (χ0n) is 15.6. The van der Waals surface area contributed by atoms with Crippen LogP contribution in [0.4, 0.5) is 13.2 Å². The molecule has 1 unspecified atom stereocenters. The van der Waals surface area contributed by atoms with Gasteiger partial charge in [-0.1, -0.05) is 35.9 Å². The molecule has 0 saturated carbocycles. The smallest absolute Gasteiger partial charge is 0.263 e. The highest BCUT2D eigenvalue weighted by molar-refractivity contribution is 7.89. The first-order chi connectivity index (χ1) is 13.0. The summed E-state index contributed by atoms with van der Waals surface area (Å²) in [5, 5.41) is 4.66. The standard InChI is InChI=1S/C19H20F3N3O2S/c1-12-8-13(2)18(14(3)9-12)28(26,27)24-17(19(20,21)22)11-25-16-7-5-4-6-15(16)10-23-25/h4-10,17,24H,11H2,1-3H3. The molecular formula is C19H20F3N3O2S. The van der Waals surface area contributed by atoms with Crippen LogP contribution in [0, 0.1) is 20.8 Å². The van der Waals surface area contributed by atoms with E-state index in [2.05, 4.69) is 5.10 Å². The largest absolute Gasteiger partial charge is 0.406 e. The van der Waals surface area contributed by atoms with Gasteiger partial charge in [-0.3, -0.25) is 4.68 Å². The monoisotopic (exact) mass is 411 g/mol. The number of hydrogen-bond donors (Lipinski definition) is 1. The van der Waals surface area contributed by atoms with Gasteiger partial charge in [-0.15, -0.1) is 0 Å². The van der Waals surface area contributed by atoms with Crippen LogP contribution < -0.4 is 4.72 Å². The van der Waals surface area contributed by atoms with Crippen LogP contribution in [0.25, 0.3) is 10.9 Å². The number of aryl methyl sites for hydroxylation is 3. The summed E-state index contributed by atoms with van der Waals surface area (Å²) in [4.78, 5) is -0.127. The van der Waals surface area contributed by atoms with E-state index in [9.17, 15) is 21.6 Å². The highest BCUT2D eigenvalue weighted by Gasteiger charge is 2.43. The Morgan fingerprint density at radius 3 is 2.32 bits per heavy atom. The first-order valence-corrected chi connectivity index (χ1v) is 10.0. The number of sulfonamides is 1. The van der Waals surface area contributed by atoms with E-state index < -0.39 is 28.8 Å². The normalized spacial score (nSPS) is 13.8. The molecular weight excluding hydrogens is 391 g/mol. The molecule has 1 atom stereocenters. The summed E-state index contributed by atoms with van der Waals surface area (Å²) >= 11 is 0. The summed E-state index contributed by atoms with van der Waals surface area (Å²) in [6.07, 6.45) is -3.34. The minimum absolute atomic E-state index is 0.127. The SMILES string of the molecule is Cc1cc(C)c(S(=O)(=O)NC(Cn2ncc3ccccc32)C(F)(F)F)c(C)c1. The summed E-state index contributed by atoms with van der Waals surface area (Å²) in [5.74, 6) is 0. The average molecular weight is 411 g/mol. The molecule has 5 nitrogen and oxygen atoms in total. The Morgan fingerprint density at radius 1 is 1.11 bits per heavy atom. The van der Waals surface area contributed by atoms with Gasteiger partial charge in [0.05, 0.1) is 23.2 Å². The van der Waals surface area contributed by atoms with Crippen molar-refractivity contribution in [2.45, 2.75) is 44.4 Å². The molecule has 0 aliphatic carbocycles. The summed E-state index contributed by atoms with van der Waals surface area (Å²) in [7, 11) is -4.39. The fraction of sp³-hybridized carbons (Fsp3) is 0.316. The van der Waals surface area contributed by atoms with E-state index in [1.165, 1.54) is 6.20 Å². The Kier molecular flexibility index (Phi) is 5.24. The van der Waals surface area contributed by atoms with Gasteiger partial charge in [-0.05, 0) is 38.0 Å². The van der Waals surface area contributed by atoms with Crippen LogP contribution in [0.1, 0.15) is 16.7 Å². The fourth-order valence-corrected chi connectivity index (χ4v) is 5.05. The highest BCUT2D eigenvalue weighted by atomic mass is 32.2. The predicted molar refractivity (Wildman–Crippen MR) is 101 cm³/mol. The number of hydrogen-bond acceptors (Lipinski definition) is 3. The van der Waals surface area contributed by atoms with Gasteiger partial charge in [0.2, 0.25) is 10.0 Å². The van der Waals surface area contributed by atoms with Gasteiger partial charge in [-0.2, -0.15) is 23.0 Å². The Morgan fingerprint density at radius 2 is 1.71 bits per heavy atom. The topological polar surface area (TPSA) is 64.0 Å². The van der Waals surface area contributed by atoms with Gasteiger partial charge in [0.15, 0.2) is 0 Å². The van der Waals surface area contributed by atoms with Crippen molar-refractivity contribution in [2.75, 3.05) is 0 Å². The Balaban J connectivity index is 1.98. The van der Waals surface area contributed by atoms with Crippen LogP contribution >= 0.6 is 0 Å². The van der Waals surface area contributed by atoms with Crippen LogP contribution in [-0.2, 0) is 16.6 Å². The summed E-state index contributed by atoms with van der Waals surface area (Å²) in [6, 6.07) is 7.74. The first kappa shape index (κ1) is 20.3. The van der Waals surface area contributed by atoms with E-state index in [1.807, 2.05) is 4.72 Å². The van der Waals surface area contributed by atoms with Crippen molar-refractivity contribution in [2.24, 2.45) is 0 Å². The summed E-state index contributed by atoms with van der Waals surface area (Å²) < 4.78 is 69.6. The number of rotatable bonds is 5. The number of alkyl halides is 3. The van der Waals surface area contributed by atoms with Crippen molar-refractivity contribution >= 4 is 20.9 Å². The second-order valence-electron chi connectivity index (χ2n) is 6.83. The minimum atomic E-state index is -4.79. The third-order valence-electron chi connectivity index (χ3n) is 4.47. The maximum atomic E-state index is 13.7. The zero-order chi connectivity index (χ0) is 20.7. The minimum Gasteiger partial charge on any atom is -0.263 e. The van der Waals surface area contributed by atoms with Crippen molar-refractivity contribution in [3.63, 3.8) is 0 Å². The maximum Gasteiger partial charge on any atom is 0.406 e. The van der Waals surface area contributed by atoms with Crippen molar-refractivity contribution < 1.29 is 21.6 Å². The lowest BCUT2D eigenvalue weighted by atomic mass is 10.1. The van der Waals surface area contributed by atoms with Crippen molar-refractivity contribution in [3.8, 4) is 0 Å². The molecule has 1 heterocycles. The Hall–Kier alpha value is -2.39. The molecule has 3 aromatic rings. The van der Waals surface area contributed by atoms with Gasteiger partial charge in [0.25, 0.3) is 0 Å². The lowest BCUT2D eigenvalue weighted by Gasteiger charge is -2.23. The molecule has 0 aliphatic heterocycles. The molecule has 0 spiro atoms. The molecule has 0 fully saturated rings. The maximum absolute atomic E-state index is 13.7. The molecule has 1 aromatic heterocycles. The molecule has 9 heteroatoms. The van der Waals surface area contributed by atoms with E-state index in [1.54, 1.807) is 57.2 Å². The van der Waals surface area contributed by atoms with Gasteiger partial charge in [0, 0.05) is 5.39 Å². The Bertz CT molecular complexity index is 1100. The summed E-state index contributed by atoms with van der Waals surface area (Å²) in [5.41, 5.74) is 2.13. The molecule has 0 saturated heterocycles. The first-order valence-electron chi connectivity index (χ1n) is 8.56. The molecule has 0 aliphatic rings. The number of nitrogens with one attached hydrogen (secondary N) is 1.